The van der Waals surface area contributed by atoms with Crippen molar-refractivity contribution >= 4 is 21.6 Å². The van der Waals surface area contributed by atoms with Crippen molar-refractivity contribution in [3.8, 4) is 0 Å². The fourth-order valence-electron chi connectivity index (χ4n) is 2.80. The van der Waals surface area contributed by atoms with Crippen LogP contribution in [0.2, 0.25) is 0 Å². The molecule has 22 heavy (non-hydrogen) atoms. The number of nitrogens with zero attached hydrogens (tertiary/aromatic N) is 1. The lowest BCUT2D eigenvalue weighted by atomic mass is 10.0. The van der Waals surface area contributed by atoms with Crippen LogP contribution in [0, 0.1) is 13.8 Å². The smallest absolute Gasteiger partial charge is 0.266 e. The second-order valence-corrected chi connectivity index (χ2v) is 7.25. The summed E-state index contributed by atoms with van der Waals surface area (Å²) in [7, 11) is -3.61. The average molecular weight is 316 g/mol. The van der Waals surface area contributed by atoms with Crippen molar-refractivity contribution < 1.29 is 8.42 Å². The standard InChI is InChI=1S/C17H20N2O2S/c1-13-7-5-10-16(14(13)2)18-22(20,21)19-12-6-9-15-8-3-4-11-17(15)19/h3-5,7-8,10-11,18H,6,9,12H2,1-2H3. The van der Waals surface area contributed by atoms with Crippen LogP contribution in [-0.4, -0.2) is 15.0 Å². The molecule has 0 saturated heterocycles. The molecule has 0 aliphatic carbocycles. The molecule has 1 N–H and O–H groups in total. The number of aryl methyl sites for hydroxylation is 2. The quantitative estimate of drug-likeness (QED) is 0.943. The second-order valence-electron chi connectivity index (χ2n) is 5.66. The number of benzene rings is 2. The number of rotatable bonds is 3. The molecule has 2 aromatic rings. The fraction of sp³-hybridized carbons (Fsp3) is 0.294. The van der Waals surface area contributed by atoms with Gasteiger partial charge in [0, 0.05) is 6.54 Å². The topological polar surface area (TPSA) is 49.4 Å². The molecule has 0 aromatic heterocycles. The molecule has 3 rings (SSSR count). The highest BCUT2D eigenvalue weighted by atomic mass is 32.2. The molecule has 0 amide bonds. The first-order chi connectivity index (χ1) is 10.5. The van der Waals surface area contributed by atoms with Crippen LogP contribution in [0.15, 0.2) is 42.5 Å². The third-order valence-electron chi connectivity index (χ3n) is 4.20. The van der Waals surface area contributed by atoms with E-state index in [0.717, 1.165) is 35.2 Å². The average Bonchev–Trinajstić information content (AvgIpc) is 2.51. The van der Waals surface area contributed by atoms with Crippen LogP contribution in [0.1, 0.15) is 23.1 Å². The lowest BCUT2D eigenvalue weighted by Crippen LogP contribution is -2.39. The fourth-order valence-corrected chi connectivity index (χ4v) is 4.22. The minimum absolute atomic E-state index is 0.511. The van der Waals surface area contributed by atoms with E-state index in [-0.39, 0.29) is 0 Å². The van der Waals surface area contributed by atoms with Crippen LogP contribution in [0.3, 0.4) is 0 Å². The molecule has 0 radical (unpaired) electrons. The Bertz CT molecular complexity index is 800. The van der Waals surface area contributed by atoms with Crippen molar-refractivity contribution in [3.05, 3.63) is 59.2 Å². The van der Waals surface area contributed by atoms with Crippen LogP contribution >= 0.6 is 0 Å². The normalized spacial score (nSPS) is 14.5. The number of anilines is 2. The maximum absolute atomic E-state index is 12.8. The Kier molecular flexibility index (Phi) is 3.83. The van der Waals surface area contributed by atoms with Gasteiger partial charge in [-0.25, -0.2) is 0 Å². The Morgan fingerprint density at radius 1 is 1.05 bits per heavy atom. The third kappa shape index (κ3) is 2.68. The van der Waals surface area contributed by atoms with Gasteiger partial charge in [0.1, 0.15) is 0 Å². The van der Waals surface area contributed by atoms with Crippen LogP contribution in [0.4, 0.5) is 11.4 Å². The molecular formula is C17H20N2O2S. The molecule has 0 spiro atoms. The molecule has 0 saturated carbocycles. The van der Waals surface area contributed by atoms with E-state index in [0.29, 0.717) is 12.2 Å². The predicted octanol–water partition coefficient (Wildman–Crippen LogP) is 3.41. The SMILES string of the molecule is Cc1cccc(NS(=O)(=O)N2CCCc3ccccc32)c1C. The Morgan fingerprint density at radius 3 is 2.64 bits per heavy atom. The number of hydrogen-bond donors (Lipinski definition) is 1. The first-order valence-corrected chi connectivity index (χ1v) is 8.87. The molecule has 2 aromatic carbocycles. The highest BCUT2D eigenvalue weighted by Crippen LogP contribution is 2.30. The van der Waals surface area contributed by atoms with E-state index in [1.807, 2.05) is 50.2 Å². The molecule has 0 unspecified atom stereocenters. The molecule has 1 aliphatic heterocycles. The van der Waals surface area contributed by atoms with E-state index < -0.39 is 10.2 Å². The summed E-state index contributed by atoms with van der Waals surface area (Å²) in [6.07, 6.45) is 1.76. The van der Waals surface area contributed by atoms with Crippen molar-refractivity contribution in [2.75, 3.05) is 15.6 Å². The summed E-state index contributed by atoms with van der Waals surface area (Å²) >= 11 is 0. The van der Waals surface area contributed by atoms with E-state index in [2.05, 4.69) is 4.72 Å². The van der Waals surface area contributed by atoms with Gasteiger partial charge in [0.25, 0.3) is 0 Å². The number of nitrogens with one attached hydrogen (secondary N) is 1. The Hall–Kier alpha value is -2.01. The van der Waals surface area contributed by atoms with Gasteiger partial charge in [-0.3, -0.25) is 9.03 Å². The van der Waals surface area contributed by atoms with Crippen LogP contribution in [-0.2, 0) is 16.6 Å². The number of fused-ring (bicyclic) bond motifs is 1. The lowest BCUT2D eigenvalue weighted by Gasteiger charge is -2.30. The van der Waals surface area contributed by atoms with Gasteiger partial charge in [-0.1, -0.05) is 30.3 Å². The van der Waals surface area contributed by atoms with Crippen molar-refractivity contribution in [2.45, 2.75) is 26.7 Å². The summed E-state index contributed by atoms with van der Waals surface area (Å²) < 4.78 is 29.8. The van der Waals surface area contributed by atoms with E-state index in [1.165, 1.54) is 4.31 Å². The maximum atomic E-state index is 12.8. The Labute approximate surface area is 132 Å². The zero-order valence-corrected chi connectivity index (χ0v) is 13.7. The van der Waals surface area contributed by atoms with Crippen molar-refractivity contribution in [1.82, 2.24) is 0 Å². The van der Waals surface area contributed by atoms with Crippen molar-refractivity contribution in [1.29, 1.82) is 0 Å². The molecule has 4 nitrogen and oxygen atoms in total. The molecule has 0 bridgehead atoms. The summed E-state index contributed by atoms with van der Waals surface area (Å²) in [5.74, 6) is 0. The molecule has 0 fully saturated rings. The summed E-state index contributed by atoms with van der Waals surface area (Å²) in [6.45, 7) is 4.41. The zero-order valence-electron chi connectivity index (χ0n) is 12.8. The van der Waals surface area contributed by atoms with Gasteiger partial charge in [0.05, 0.1) is 11.4 Å². The van der Waals surface area contributed by atoms with E-state index in [1.54, 1.807) is 6.07 Å². The number of para-hydroxylation sites is 1. The van der Waals surface area contributed by atoms with Crippen molar-refractivity contribution in [3.63, 3.8) is 0 Å². The van der Waals surface area contributed by atoms with E-state index >= 15 is 0 Å². The summed E-state index contributed by atoms with van der Waals surface area (Å²) in [5, 5.41) is 0. The molecule has 0 atom stereocenters. The first kappa shape index (κ1) is 14.9. The zero-order chi connectivity index (χ0) is 15.7. The Balaban J connectivity index is 1.96. The van der Waals surface area contributed by atoms with Crippen LogP contribution in [0.25, 0.3) is 0 Å². The highest BCUT2D eigenvalue weighted by Gasteiger charge is 2.27. The largest absolute Gasteiger partial charge is 0.323 e. The summed E-state index contributed by atoms with van der Waals surface area (Å²) in [6, 6.07) is 13.3. The van der Waals surface area contributed by atoms with Gasteiger partial charge in [-0.05, 0) is 55.5 Å². The van der Waals surface area contributed by atoms with Gasteiger partial charge < -0.3 is 0 Å². The summed E-state index contributed by atoms with van der Waals surface area (Å²) in [4.78, 5) is 0. The molecule has 5 heteroatoms. The minimum atomic E-state index is -3.61. The van der Waals surface area contributed by atoms with Gasteiger partial charge in [-0.15, -0.1) is 0 Å². The first-order valence-electron chi connectivity index (χ1n) is 7.43. The van der Waals surface area contributed by atoms with Crippen LogP contribution in [0.5, 0.6) is 0 Å². The van der Waals surface area contributed by atoms with Gasteiger partial charge in [0.2, 0.25) is 0 Å². The van der Waals surface area contributed by atoms with Gasteiger partial charge in [0.15, 0.2) is 0 Å². The number of hydrogen-bond acceptors (Lipinski definition) is 2. The van der Waals surface area contributed by atoms with Gasteiger partial charge in [-0.2, -0.15) is 8.42 Å². The minimum Gasteiger partial charge on any atom is -0.266 e. The summed E-state index contributed by atoms with van der Waals surface area (Å²) in [5.41, 5.74) is 4.53. The maximum Gasteiger partial charge on any atom is 0.323 e. The van der Waals surface area contributed by atoms with Crippen molar-refractivity contribution in [2.24, 2.45) is 0 Å². The Morgan fingerprint density at radius 2 is 1.82 bits per heavy atom. The third-order valence-corrected chi connectivity index (χ3v) is 5.64. The lowest BCUT2D eigenvalue weighted by molar-refractivity contribution is 0.592. The predicted molar refractivity (Wildman–Crippen MR) is 90.6 cm³/mol. The van der Waals surface area contributed by atoms with Gasteiger partial charge >= 0.3 is 10.2 Å². The second kappa shape index (κ2) is 5.65. The molecular weight excluding hydrogens is 296 g/mol. The van der Waals surface area contributed by atoms with E-state index in [4.69, 9.17) is 0 Å². The van der Waals surface area contributed by atoms with Crippen LogP contribution < -0.4 is 9.03 Å². The van der Waals surface area contributed by atoms with E-state index in [9.17, 15) is 8.42 Å². The highest BCUT2D eigenvalue weighted by molar-refractivity contribution is 7.94. The monoisotopic (exact) mass is 316 g/mol. The molecule has 1 aliphatic rings. The molecule has 1 heterocycles. The molecule has 116 valence electrons.